The average Bonchev–Trinajstić information content (AvgIpc) is 2.39. The topological polar surface area (TPSA) is 43.4 Å². The number of carbonyl (C=O) groups excluding carboxylic acids is 2. The molecule has 0 bridgehead atoms. The van der Waals surface area contributed by atoms with Gasteiger partial charge in [0, 0.05) is 24.3 Å². The summed E-state index contributed by atoms with van der Waals surface area (Å²) in [5, 5.41) is 0. The summed E-state index contributed by atoms with van der Waals surface area (Å²) in [5.74, 6) is 0.902. The number of Topliss-reactive ketones (excluding diaryl/α,β-unsaturated/α-hetero) is 1. The smallest absolute Gasteiger partial charge is 0.160 e. The third-order valence-electron chi connectivity index (χ3n) is 3.44. The highest BCUT2D eigenvalue weighted by Crippen LogP contribution is 2.30. The lowest BCUT2D eigenvalue weighted by Crippen LogP contribution is -2.16. The normalized spacial score (nSPS) is 13.6. The van der Waals surface area contributed by atoms with Crippen molar-refractivity contribution in [3.8, 4) is 5.75 Å². The molecule has 0 saturated heterocycles. The zero-order valence-corrected chi connectivity index (χ0v) is 11.5. The fourth-order valence-corrected chi connectivity index (χ4v) is 2.23. The summed E-state index contributed by atoms with van der Waals surface area (Å²) in [6.45, 7) is 3.77. The molecule has 1 aliphatic rings. The number of rotatable bonds is 4. The van der Waals surface area contributed by atoms with Crippen LogP contribution in [0.4, 0.5) is 0 Å². The number of hydrogen-bond acceptors (Lipinski definition) is 3. The lowest BCUT2D eigenvalue weighted by molar-refractivity contribution is -0.121. The van der Waals surface area contributed by atoms with Crippen LogP contribution in [0.15, 0.2) is 18.2 Å². The molecule has 19 heavy (non-hydrogen) atoms. The highest BCUT2D eigenvalue weighted by atomic mass is 16.5. The van der Waals surface area contributed by atoms with Gasteiger partial charge in [0.25, 0.3) is 0 Å². The first kappa shape index (κ1) is 13.5. The maximum Gasteiger partial charge on any atom is 0.160 e. The van der Waals surface area contributed by atoms with E-state index >= 15 is 0 Å². The minimum absolute atomic E-state index is 0.0182. The molecule has 0 aliphatic heterocycles. The SMILES string of the molecule is COc1ccc2c(c1CC(=O)C(C)C)CC(=O)C=C2. The van der Waals surface area contributed by atoms with Crippen molar-refractivity contribution in [2.75, 3.05) is 7.11 Å². The van der Waals surface area contributed by atoms with E-state index in [4.69, 9.17) is 4.74 Å². The van der Waals surface area contributed by atoms with Crippen LogP contribution in [-0.2, 0) is 22.4 Å². The van der Waals surface area contributed by atoms with Gasteiger partial charge in [-0.3, -0.25) is 9.59 Å². The zero-order valence-electron chi connectivity index (χ0n) is 11.5. The number of benzene rings is 1. The predicted octanol–water partition coefficient (Wildman–Crippen LogP) is 2.60. The van der Waals surface area contributed by atoms with Gasteiger partial charge in [-0.15, -0.1) is 0 Å². The number of ketones is 2. The Balaban J connectivity index is 2.47. The molecule has 1 aliphatic carbocycles. The van der Waals surface area contributed by atoms with Crippen molar-refractivity contribution in [3.63, 3.8) is 0 Å². The van der Waals surface area contributed by atoms with Crippen LogP contribution < -0.4 is 4.74 Å². The van der Waals surface area contributed by atoms with E-state index in [0.717, 1.165) is 16.7 Å². The third-order valence-corrected chi connectivity index (χ3v) is 3.44. The lowest BCUT2D eigenvalue weighted by atomic mass is 9.88. The van der Waals surface area contributed by atoms with Gasteiger partial charge in [0.1, 0.15) is 11.5 Å². The Morgan fingerprint density at radius 2 is 2.05 bits per heavy atom. The largest absolute Gasteiger partial charge is 0.496 e. The van der Waals surface area contributed by atoms with Crippen molar-refractivity contribution >= 4 is 17.6 Å². The first-order valence-electron chi connectivity index (χ1n) is 6.45. The van der Waals surface area contributed by atoms with Crippen molar-refractivity contribution in [2.45, 2.75) is 26.7 Å². The number of methoxy groups -OCH3 is 1. The second-order valence-corrected chi connectivity index (χ2v) is 5.09. The molecule has 0 unspecified atom stereocenters. The van der Waals surface area contributed by atoms with Gasteiger partial charge in [0.2, 0.25) is 0 Å². The fraction of sp³-hybridized carbons (Fsp3) is 0.375. The molecular formula is C16H18O3. The molecule has 0 atom stereocenters. The van der Waals surface area contributed by atoms with Crippen LogP contribution in [0, 0.1) is 5.92 Å². The second-order valence-electron chi connectivity index (χ2n) is 5.09. The molecular weight excluding hydrogens is 240 g/mol. The number of hydrogen-bond donors (Lipinski definition) is 0. The Hall–Kier alpha value is -1.90. The Bertz CT molecular complexity index is 553. The molecule has 100 valence electrons. The molecule has 1 aromatic carbocycles. The standard InChI is InChI=1S/C16H18O3/c1-10(2)15(18)9-14-13-8-12(17)6-4-11(13)5-7-16(14)19-3/h4-7,10H,8-9H2,1-3H3. The van der Waals surface area contributed by atoms with E-state index in [1.165, 1.54) is 0 Å². The van der Waals surface area contributed by atoms with E-state index in [-0.39, 0.29) is 17.5 Å². The van der Waals surface area contributed by atoms with Crippen LogP contribution in [0.2, 0.25) is 0 Å². The van der Waals surface area contributed by atoms with Crippen molar-refractivity contribution in [3.05, 3.63) is 34.9 Å². The van der Waals surface area contributed by atoms with Crippen LogP contribution in [0.25, 0.3) is 6.08 Å². The molecule has 0 radical (unpaired) electrons. The van der Waals surface area contributed by atoms with Gasteiger partial charge in [-0.05, 0) is 23.3 Å². The first-order valence-corrected chi connectivity index (χ1v) is 6.45. The van der Waals surface area contributed by atoms with Gasteiger partial charge in [-0.2, -0.15) is 0 Å². The summed E-state index contributed by atoms with van der Waals surface area (Å²) in [6.07, 6.45) is 4.07. The summed E-state index contributed by atoms with van der Waals surface area (Å²) in [4.78, 5) is 23.6. The van der Waals surface area contributed by atoms with Crippen molar-refractivity contribution in [1.29, 1.82) is 0 Å². The Morgan fingerprint density at radius 1 is 1.32 bits per heavy atom. The summed E-state index contributed by atoms with van der Waals surface area (Å²) in [6, 6.07) is 3.79. The van der Waals surface area contributed by atoms with E-state index in [1.807, 2.05) is 32.1 Å². The molecule has 0 N–H and O–H groups in total. The molecule has 3 heteroatoms. The maximum absolute atomic E-state index is 12.0. The summed E-state index contributed by atoms with van der Waals surface area (Å²) >= 11 is 0. The Morgan fingerprint density at radius 3 is 2.68 bits per heavy atom. The minimum Gasteiger partial charge on any atom is -0.496 e. The quantitative estimate of drug-likeness (QED) is 0.833. The molecule has 3 nitrogen and oxygen atoms in total. The van der Waals surface area contributed by atoms with E-state index in [2.05, 4.69) is 0 Å². The van der Waals surface area contributed by atoms with Gasteiger partial charge >= 0.3 is 0 Å². The molecule has 0 amide bonds. The van der Waals surface area contributed by atoms with Crippen LogP contribution in [0.3, 0.4) is 0 Å². The van der Waals surface area contributed by atoms with Gasteiger partial charge in [-0.25, -0.2) is 0 Å². The van der Waals surface area contributed by atoms with Gasteiger partial charge < -0.3 is 4.74 Å². The van der Waals surface area contributed by atoms with Gasteiger partial charge in [0.15, 0.2) is 5.78 Å². The monoisotopic (exact) mass is 258 g/mol. The highest BCUT2D eigenvalue weighted by Gasteiger charge is 2.21. The molecule has 0 saturated carbocycles. The van der Waals surface area contributed by atoms with E-state index in [0.29, 0.717) is 18.6 Å². The Labute approximate surface area is 113 Å². The van der Waals surface area contributed by atoms with Crippen molar-refractivity contribution < 1.29 is 14.3 Å². The van der Waals surface area contributed by atoms with Crippen LogP contribution >= 0.6 is 0 Å². The molecule has 0 fully saturated rings. The number of carbonyl (C=O) groups is 2. The average molecular weight is 258 g/mol. The van der Waals surface area contributed by atoms with Gasteiger partial charge in [-0.1, -0.05) is 26.0 Å². The highest BCUT2D eigenvalue weighted by molar-refractivity contribution is 5.99. The van der Waals surface area contributed by atoms with Crippen LogP contribution in [-0.4, -0.2) is 18.7 Å². The molecule has 2 rings (SSSR count). The third kappa shape index (κ3) is 2.75. The minimum atomic E-state index is -0.0182. The summed E-state index contributed by atoms with van der Waals surface area (Å²) in [5.41, 5.74) is 2.80. The summed E-state index contributed by atoms with van der Waals surface area (Å²) < 4.78 is 5.34. The fourth-order valence-electron chi connectivity index (χ4n) is 2.23. The zero-order chi connectivity index (χ0) is 14.0. The number of allylic oxidation sites excluding steroid dienone is 1. The maximum atomic E-state index is 12.0. The molecule has 0 aromatic heterocycles. The van der Waals surface area contributed by atoms with Gasteiger partial charge in [0.05, 0.1) is 7.11 Å². The van der Waals surface area contributed by atoms with E-state index in [1.54, 1.807) is 13.2 Å². The van der Waals surface area contributed by atoms with Crippen LogP contribution in [0.5, 0.6) is 5.75 Å². The van der Waals surface area contributed by atoms with Crippen molar-refractivity contribution in [1.82, 2.24) is 0 Å². The summed E-state index contributed by atoms with van der Waals surface area (Å²) in [7, 11) is 1.59. The van der Waals surface area contributed by atoms with Crippen molar-refractivity contribution in [2.24, 2.45) is 5.92 Å². The number of fused-ring (bicyclic) bond motifs is 1. The predicted molar refractivity (Wildman–Crippen MR) is 74.3 cm³/mol. The first-order chi connectivity index (χ1) is 9.02. The lowest BCUT2D eigenvalue weighted by Gasteiger charge is -2.18. The number of ether oxygens (including phenoxy) is 1. The molecule has 0 spiro atoms. The van der Waals surface area contributed by atoms with E-state index < -0.39 is 0 Å². The Kier molecular flexibility index (Phi) is 3.84. The molecule has 1 aromatic rings. The van der Waals surface area contributed by atoms with Crippen LogP contribution in [0.1, 0.15) is 30.5 Å². The van der Waals surface area contributed by atoms with E-state index in [9.17, 15) is 9.59 Å². The second kappa shape index (κ2) is 5.39. The molecule has 0 heterocycles.